The average Bonchev–Trinajstić information content (AvgIpc) is 2.87. The van der Waals surface area contributed by atoms with Crippen LogP contribution in [0.2, 0.25) is 0 Å². The second-order valence-electron chi connectivity index (χ2n) is 4.43. The lowest BCUT2D eigenvalue weighted by Crippen LogP contribution is -2.24. The van der Waals surface area contributed by atoms with Gasteiger partial charge in [-0.1, -0.05) is 0 Å². The molecule has 0 aromatic carbocycles. The van der Waals surface area contributed by atoms with Gasteiger partial charge in [0.2, 0.25) is 0 Å². The highest BCUT2D eigenvalue weighted by Gasteiger charge is 2.26. The van der Waals surface area contributed by atoms with E-state index in [2.05, 4.69) is 14.9 Å². The number of hydrogen-bond acceptors (Lipinski definition) is 6. The SMILES string of the molecule is COC(=O)c1cncnc1N1CCC(CCN)C1.Cl.Cl. The molecule has 1 atom stereocenters. The maximum absolute atomic E-state index is 11.6. The predicted octanol–water partition coefficient (Wildman–Crippen LogP) is 1.28. The van der Waals surface area contributed by atoms with Crippen LogP contribution in [0.4, 0.5) is 5.82 Å². The number of hydrogen-bond donors (Lipinski definition) is 1. The van der Waals surface area contributed by atoms with Crippen molar-refractivity contribution in [2.75, 3.05) is 31.6 Å². The third kappa shape index (κ3) is 4.19. The highest BCUT2D eigenvalue weighted by atomic mass is 35.5. The van der Waals surface area contributed by atoms with Crippen LogP contribution < -0.4 is 10.6 Å². The number of halogens is 2. The van der Waals surface area contributed by atoms with Crippen LogP contribution in [0, 0.1) is 5.92 Å². The molecule has 0 amide bonds. The predicted molar refractivity (Wildman–Crippen MR) is 81.9 cm³/mol. The summed E-state index contributed by atoms with van der Waals surface area (Å²) in [6, 6.07) is 0. The van der Waals surface area contributed by atoms with Crippen molar-refractivity contribution >= 4 is 36.6 Å². The molecule has 1 aromatic rings. The minimum absolute atomic E-state index is 0. The Hall–Kier alpha value is -1.11. The monoisotopic (exact) mass is 322 g/mol. The van der Waals surface area contributed by atoms with Gasteiger partial charge in [0.05, 0.1) is 7.11 Å². The van der Waals surface area contributed by atoms with Crippen molar-refractivity contribution in [3.05, 3.63) is 18.1 Å². The number of methoxy groups -OCH3 is 1. The van der Waals surface area contributed by atoms with Crippen molar-refractivity contribution in [3.63, 3.8) is 0 Å². The van der Waals surface area contributed by atoms with Gasteiger partial charge in [0.1, 0.15) is 17.7 Å². The zero-order chi connectivity index (χ0) is 13.0. The number of rotatable bonds is 4. The standard InChI is InChI=1S/C12H18N4O2.2ClH/c1-18-12(17)10-6-14-8-15-11(10)16-5-3-9(7-16)2-4-13;;/h6,8-9H,2-5,7,13H2,1H3;2*1H. The van der Waals surface area contributed by atoms with E-state index in [-0.39, 0.29) is 24.8 Å². The Kier molecular flexibility index (Phi) is 8.45. The number of anilines is 1. The van der Waals surface area contributed by atoms with E-state index in [9.17, 15) is 4.79 Å². The maximum atomic E-state index is 11.6. The summed E-state index contributed by atoms with van der Waals surface area (Å²) in [5, 5.41) is 0. The van der Waals surface area contributed by atoms with E-state index in [0.717, 1.165) is 25.9 Å². The van der Waals surface area contributed by atoms with Crippen molar-refractivity contribution in [1.29, 1.82) is 0 Å². The van der Waals surface area contributed by atoms with Crippen molar-refractivity contribution in [3.8, 4) is 0 Å². The zero-order valence-electron chi connectivity index (χ0n) is 11.3. The Morgan fingerprint density at radius 1 is 1.55 bits per heavy atom. The van der Waals surface area contributed by atoms with Gasteiger partial charge in [-0.15, -0.1) is 24.8 Å². The normalized spacial score (nSPS) is 17.1. The summed E-state index contributed by atoms with van der Waals surface area (Å²) in [6.45, 7) is 2.48. The Labute approximate surface area is 130 Å². The molecule has 1 aliphatic heterocycles. The van der Waals surface area contributed by atoms with Crippen LogP contribution >= 0.6 is 24.8 Å². The first-order valence-corrected chi connectivity index (χ1v) is 6.09. The van der Waals surface area contributed by atoms with E-state index in [4.69, 9.17) is 10.5 Å². The topological polar surface area (TPSA) is 81.3 Å². The molecular weight excluding hydrogens is 303 g/mol. The fourth-order valence-electron chi connectivity index (χ4n) is 2.33. The number of nitrogens with two attached hydrogens (primary N) is 1. The van der Waals surface area contributed by atoms with Crippen LogP contribution in [-0.4, -0.2) is 42.7 Å². The molecule has 2 heterocycles. The van der Waals surface area contributed by atoms with Crippen molar-refractivity contribution < 1.29 is 9.53 Å². The first-order valence-electron chi connectivity index (χ1n) is 6.09. The molecule has 114 valence electrons. The van der Waals surface area contributed by atoms with Gasteiger partial charge < -0.3 is 15.4 Å². The van der Waals surface area contributed by atoms with Crippen LogP contribution in [0.1, 0.15) is 23.2 Å². The summed E-state index contributed by atoms with van der Waals surface area (Å²) >= 11 is 0. The average molecular weight is 323 g/mol. The van der Waals surface area contributed by atoms with E-state index < -0.39 is 5.97 Å². The van der Waals surface area contributed by atoms with E-state index in [1.54, 1.807) is 0 Å². The van der Waals surface area contributed by atoms with Crippen LogP contribution in [-0.2, 0) is 4.74 Å². The van der Waals surface area contributed by atoms with Gasteiger partial charge in [-0.3, -0.25) is 0 Å². The number of nitrogens with zero attached hydrogens (tertiary/aromatic N) is 3. The quantitative estimate of drug-likeness (QED) is 0.841. The molecule has 1 aromatic heterocycles. The summed E-state index contributed by atoms with van der Waals surface area (Å²) in [5.74, 6) is 0.847. The van der Waals surface area contributed by atoms with Crippen molar-refractivity contribution in [1.82, 2.24) is 9.97 Å². The van der Waals surface area contributed by atoms with Gasteiger partial charge in [0, 0.05) is 19.3 Å². The smallest absolute Gasteiger partial charge is 0.343 e. The Bertz CT molecular complexity index is 434. The maximum Gasteiger partial charge on any atom is 0.343 e. The molecule has 0 radical (unpaired) electrons. The molecular formula is C12H20Cl2N4O2. The molecule has 1 unspecified atom stereocenters. The summed E-state index contributed by atoms with van der Waals surface area (Å²) in [4.78, 5) is 21.8. The zero-order valence-corrected chi connectivity index (χ0v) is 13.0. The number of esters is 1. The van der Waals surface area contributed by atoms with Crippen LogP contribution in [0.5, 0.6) is 0 Å². The summed E-state index contributed by atoms with van der Waals surface area (Å²) < 4.78 is 4.75. The minimum atomic E-state index is -0.395. The third-order valence-corrected chi connectivity index (χ3v) is 3.26. The van der Waals surface area contributed by atoms with Gasteiger partial charge in [-0.2, -0.15) is 0 Å². The fraction of sp³-hybridized carbons (Fsp3) is 0.583. The molecule has 0 aliphatic carbocycles. The van der Waals surface area contributed by atoms with Crippen LogP contribution in [0.3, 0.4) is 0 Å². The van der Waals surface area contributed by atoms with Crippen molar-refractivity contribution in [2.24, 2.45) is 11.7 Å². The Balaban J connectivity index is 0.00000180. The number of carbonyl (C=O) groups excluding carboxylic acids is 1. The molecule has 6 nitrogen and oxygen atoms in total. The Morgan fingerprint density at radius 2 is 2.30 bits per heavy atom. The fourth-order valence-corrected chi connectivity index (χ4v) is 2.33. The van der Waals surface area contributed by atoms with E-state index in [1.165, 1.54) is 19.6 Å². The van der Waals surface area contributed by atoms with Gasteiger partial charge in [0.15, 0.2) is 0 Å². The molecule has 1 saturated heterocycles. The molecule has 0 spiro atoms. The molecule has 1 aliphatic rings. The number of carbonyl (C=O) groups is 1. The van der Waals surface area contributed by atoms with E-state index in [1.807, 2.05) is 0 Å². The second-order valence-corrected chi connectivity index (χ2v) is 4.43. The Morgan fingerprint density at radius 3 is 2.95 bits per heavy atom. The van der Waals surface area contributed by atoms with Gasteiger partial charge in [-0.05, 0) is 25.3 Å². The molecule has 20 heavy (non-hydrogen) atoms. The highest BCUT2D eigenvalue weighted by Crippen LogP contribution is 2.26. The summed E-state index contributed by atoms with van der Waals surface area (Å²) in [7, 11) is 1.36. The van der Waals surface area contributed by atoms with Crippen molar-refractivity contribution in [2.45, 2.75) is 12.8 Å². The van der Waals surface area contributed by atoms with Gasteiger partial charge in [-0.25, -0.2) is 14.8 Å². The van der Waals surface area contributed by atoms with Gasteiger partial charge >= 0.3 is 5.97 Å². The molecule has 0 bridgehead atoms. The molecule has 0 saturated carbocycles. The molecule has 1 fully saturated rings. The minimum Gasteiger partial charge on any atom is -0.465 e. The van der Waals surface area contributed by atoms with Crippen LogP contribution in [0.25, 0.3) is 0 Å². The summed E-state index contributed by atoms with van der Waals surface area (Å²) in [5.41, 5.74) is 6.00. The lowest BCUT2D eigenvalue weighted by atomic mass is 10.1. The second kappa shape index (κ2) is 8.94. The first kappa shape index (κ1) is 18.9. The molecule has 8 heteroatoms. The largest absolute Gasteiger partial charge is 0.465 e. The number of ether oxygens (including phenoxy) is 1. The first-order chi connectivity index (χ1) is 8.76. The third-order valence-electron chi connectivity index (χ3n) is 3.26. The van der Waals surface area contributed by atoms with E-state index >= 15 is 0 Å². The lowest BCUT2D eigenvalue weighted by molar-refractivity contribution is 0.0600. The molecule has 2 N–H and O–H groups in total. The lowest BCUT2D eigenvalue weighted by Gasteiger charge is -2.19. The van der Waals surface area contributed by atoms with Crippen LogP contribution in [0.15, 0.2) is 12.5 Å². The highest BCUT2D eigenvalue weighted by molar-refractivity contribution is 5.94. The van der Waals surface area contributed by atoms with Gasteiger partial charge in [0.25, 0.3) is 0 Å². The van der Waals surface area contributed by atoms with E-state index in [0.29, 0.717) is 23.8 Å². The summed E-state index contributed by atoms with van der Waals surface area (Å²) in [6.07, 6.45) is 5.05. The molecule has 2 rings (SSSR count). The number of aromatic nitrogens is 2.